The number of alkyl halides is 1. The lowest BCUT2D eigenvalue weighted by Crippen LogP contribution is -2.28. The summed E-state index contributed by atoms with van der Waals surface area (Å²) in [6.45, 7) is 2.75. The van der Waals surface area contributed by atoms with Crippen molar-refractivity contribution in [2.24, 2.45) is 0 Å². The van der Waals surface area contributed by atoms with E-state index >= 15 is 0 Å². The molecule has 0 aromatic carbocycles. The molecule has 0 amide bonds. The number of halogens is 1. The minimum atomic E-state index is -1.83. The molecule has 0 aromatic rings. The van der Waals surface area contributed by atoms with Crippen molar-refractivity contribution in [2.45, 2.75) is 32.1 Å². The van der Waals surface area contributed by atoms with Gasteiger partial charge in [0.25, 0.3) is 0 Å². The lowest BCUT2D eigenvalue weighted by molar-refractivity contribution is -0.152. The van der Waals surface area contributed by atoms with Crippen molar-refractivity contribution < 1.29 is 18.7 Å². The molecule has 0 aliphatic carbocycles. The predicted octanol–water partition coefficient (Wildman–Crippen LogP) is 0.632. The molecule has 1 fully saturated rings. The molecule has 1 aliphatic rings. The fourth-order valence-corrected chi connectivity index (χ4v) is 0.733. The summed E-state index contributed by atoms with van der Waals surface area (Å²) in [5.41, 5.74) is 0. The van der Waals surface area contributed by atoms with Crippen LogP contribution in [0.3, 0.4) is 0 Å². The summed E-state index contributed by atoms with van der Waals surface area (Å²) in [5, 5.41) is 0. The number of carbonyl (C=O) groups excluding carboxylic acids is 1. The van der Waals surface area contributed by atoms with Crippen molar-refractivity contribution in [1.82, 2.24) is 0 Å². The lowest BCUT2D eigenvalue weighted by Gasteiger charge is -2.13. The molecule has 0 bridgehead atoms. The van der Waals surface area contributed by atoms with Crippen LogP contribution in [0.5, 0.6) is 0 Å². The first-order chi connectivity index (χ1) is 4.56. The van der Waals surface area contributed by atoms with Gasteiger partial charge >= 0.3 is 0 Å². The first-order valence-electron chi connectivity index (χ1n) is 3.04. The highest BCUT2D eigenvalue weighted by molar-refractivity contribution is 5.54. The van der Waals surface area contributed by atoms with E-state index in [0.29, 0.717) is 6.29 Å². The van der Waals surface area contributed by atoms with Crippen LogP contribution in [0.25, 0.3) is 0 Å². The second kappa shape index (κ2) is 2.29. The molecule has 3 unspecified atom stereocenters. The zero-order valence-corrected chi connectivity index (χ0v) is 5.83. The summed E-state index contributed by atoms with van der Waals surface area (Å²) in [5.74, 6) is -1.83. The van der Waals surface area contributed by atoms with Gasteiger partial charge in [-0.2, -0.15) is 0 Å². The minimum absolute atomic E-state index is 0.432. The maximum Gasteiger partial charge on any atom is 0.235 e. The number of rotatable bonds is 1. The predicted molar refractivity (Wildman–Crippen MR) is 31.0 cm³/mol. The smallest absolute Gasteiger partial charge is 0.235 e. The van der Waals surface area contributed by atoms with Gasteiger partial charge in [0.05, 0.1) is 0 Å². The van der Waals surface area contributed by atoms with E-state index in [1.54, 1.807) is 0 Å². The van der Waals surface area contributed by atoms with Crippen LogP contribution in [0.2, 0.25) is 0 Å². The molecule has 1 heterocycles. The summed E-state index contributed by atoms with van der Waals surface area (Å²) in [6.07, 6.45) is -1.28. The van der Waals surface area contributed by atoms with Gasteiger partial charge in [0.15, 0.2) is 6.29 Å². The molecule has 0 aromatic heterocycles. The van der Waals surface area contributed by atoms with Crippen molar-refractivity contribution >= 4 is 6.29 Å². The van der Waals surface area contributed by atoms with E-state index in [4.69, 9.17) is 4.74 Å². The minimum Gasteiger partial charge on any atom is -0.337 e. The van der Waals surface area contributed by atoms with Gasteiger partial charge in [-0.25, -0.2) is 4.39 Å². The summed E-state index contributed by atoms with van der Waals surface area (Å²) in [6, 6.07) is 0. The Morgan fingerprint density at radius 2 is 2.30 bits per heavy atom. The van der Waals surface area contributed by atoms with Gasteiger partial charge in [0, 0.05) is 0 Å². The third-order valence-corrected chi connectivity index (χ3v) is 1.52. The highest BCUT2D eigenvalue weighted by Crippen LogP contribution is 2.29. The second-order valence-corrected chi connectivity index (χ2v) is 2.39. The maximum absolute atomic E-state index is 12.9. The van der Waals surface area contributed by atoms with Crippen molar-refractivity contribution in [2.75, 3.05) is 0 Å². The quantitative estimate of drug-likeness (QED) is 0.512. The average molecular weight is 148 g/mol. The van der Waals surface area contributed by atoms with E-state index in [-0.39, 0.29) is 0 Å². The van der Waals surface area contributed by atoms with Crippen molar-refractivity contribution in [3.05, 3.63) is 0 Å². The van der Waals surface area contributed by atoms with Gasteiger partial charge < -0.3 is 9.47 Å². The first-order valence-corrected chi connectivity index (χ1v) is 3.04. The molecule has 1 rings (SSSR count). The molecular formula is C6H9FO3. The Balaban J connectivity index is 2.61. The summed E-state index contributed by atoms with van der Waals surface area (Å²) >= 11 is 0. The summed E-state index contributed by atoms with van der Waals surface area (Å²) < 4.78 is 22.2. The van der Waals surface area contributed by atoms with Crippen LogP contribution in [0.4, 0.5) is 4.39 Å². The number of hydrogen-bond donors (Lipinski definition) is 0. The van der Waals surface area contributed by atoms with E-state index in [1.807, 2.05) is 0 Å². The topological polar surface area (TPSA) is 35.5 Å². The number of ether oxygens (including phenoxy) is 2. The van der Waals surface area contributed by atoms with Crippen molar-refractivity contribution in [1.29, 1.82) is 0 Å². The third kappa shape index (κ3) is 1.17. The van der Waals surface area contributed by atoms with Crippen LogP contribution in [-0.2, 0) is 14.3 Å². The summed E-state index contributed by atoms with van der Waals surface area (Å²) in [7, 11) is 0. The van der Waals surface area contributed by atoms with E-state index in [1.165, 1.54) is 13.8 Å². The highest BCUT2D eigenvalue weighted by atomic mass is 19.2. The van der Waals surface area contributed by atoms with E-state index in [2.05, 4.69) is 4.74 Å². The normalized spacial score (nSPS) is 47.5. The molecule has 3 nitrogen and oxygen atoms in total. The standard InChI is InChI=1S/C6H9FO3/c1-4-6(2,7)10-5(3-8)9-4/h3-5H,1-2H3. The highest BCUT2D eigenvalue weighted by Gasteiger charge is 2.43. The molecular weight excluding hydrogens is 139 g/mol. The Bertz CT molecular complexity index is 146. The molecule has 3 atom stereocenters. The first kappa shape index (κ1) is 7.63. The van der Waals surface area contributed by atoms with Crippen LogP contribution >= 0.6 is 0 Å². The van der Waals surface area contributed by atoms with Crippen LogP contribution < -0.4 is 0 Å². The molecule has 4 heteroatoms. The molecule has 0 radical (unpaired) electrons. The number of carbonyl (C=O) groups is 1. The Labute approximate surface area is 58.1 Å². The Hall–Kier alpha value is -0.480. The summed E-state index contributed by atoms with van der Waals surface area (Å²) in [4.78, 5) is 10.0. The Morgan fingerprint density at radius 3 is 2.50 bits per heavy atom. The van der Waals surface area contributed by atoms with E-state index in [9.17, 15) is 9.18 Å². The van der Waals surface area contributed by atoms with Gasteiger partial charge in [-0.15, -0.1) is 0 Å². The lowest BCUT2D eigenvalue weighted by atomic mass is 10.2. The third-order valence-electron chi connectivity index (χ3n) is 1.52. The molecule has 1 saturated heterocycles. The van der Waals surface area contributed by atoms with Crippen LogP contribution in [0, 0.1) is 0 Å². The van der Waals surface area contributed by atoms with Gasteiger partial charge in [0.1, 0.15) is 6.10 Å². The average Bonchev–Trinajstić information content (AvgIpc) is 2.08. The van der Waals surface area contributed by atoms with Gasteiger partial charge in [-0.05, 0) is 13.8 Å². The molecule has 58 valence electrons. The number of hydrogen-bond acceptors (Lipinski definition) is 3. The van der Waals surface area contributed by atoms with Crippen LogP contribution in [-0.4, -0.2) is 24.5 Å². The van der Waals surface area contributed by atoms with Gasteiger partial charge in [0.2, 0.25) is 12.1 Å². The fraction of sp³-hybridized carbons (Fsp3) is 0.833. The zero-order chi connectivity index (χ0) is 7.78. The SMILES string of the molecule is CC1OC(C=O)OC1(C)F. The Morgan fingerprint density at radius 1 is 1.70 bits per heavy atom. The molecule has 0 spiro atoms. The van der Waals surface area contributed by atoms with E-state index in [0.717, 1.165) is 0 Å². The monoisotopic (exact) mass is 148 g/mol. The fourth-order valence-electron chi connectivity index (χ4n) is 0.733. The van der Waals surface area contributed by atoms with E-state index < -0.39 is 18.2 Å². The molecule has 1 aliphatic heterocycles. The van der Waals surface area contributed by atoms with Crippen LogP contribution in [0.1, 0.15) is 13.8 Å². The zero-order valence-electron chi connectivity index (χ0n) is 5.83. The van der Waals surface area contributed by atoms with Gasteiger partial charge in [-0.1, -0.05) is 0 Å². The number of aldehydes is 1. The second-order valence-electron chi connectivity index (χ2n) is 2.39. The van der Waals surface area contributed by atoms with Crippen molar-refractivity contribution in [3.63, 3.8) is 0 Å². The van der Waals surface area contributed by atoms with Crippen LogP contribution in [0.15, 0.2) is 0 Å². The van der Waals surface area contributed by atoms with Crippen molar-refractivity contribution in [3.8, 4) is 0 Å². The molecule has 0 N–H and O–H groups in total. The molecule has 0 saturated carbocycles. The Kier molecular flexibility index (Phi) is 1.74. The maximum atomic E-state index is 12.9. The van der Waals surface area contributed by atoms with Gasteiger partial charge in [-0.3, -0.25) is 4.79 Å². The largest absolute Gasteiger partial charge is 0.337 e. The molecule has 10 heavy (non-hydrogen) atoms.